The number of ether oxygens (including phenoxy) is 1. The van der Waals surface area contributed by atoms with Gasteiger partial charge in [-0.3, -0.25) is 19.3 Å². The number of amides is 3. The van der Waals surface area contributed by atoms with E-state index in [9.17, 15) is 19.2 Å². The Balaban J connectivity index is 2.18. The van der Waals surface area contributed by atoms with Gasteiger partial charge in [0, 0.05) is 11.3 Å². The summed E-state index contributed by atoms with van der Waals surface area (Å²) in [5.74, 6) is -2.11. The molecule has 8 heteroatoms. The molecule has 0 radical (unpaired) electrons. The Morgan fingerprint density at radius 1 is 1.15 bits per heavy atom. The van der Waals surface area contributed by atoms with Crippen LogP contribution in [0.15, 0.2) is 24.3 Å². The van der Waals surface area contributed by atoms with Gasteiger partial charge < -0.3 is 10.1 Å². The summed E-state index contributed by atoms with van der Waals surface area (Å²) >= 11 is 1.31. The van der Waals surface area contributed by atoms with E-state index in [2.05, 4.69) is 5.32 Å². The van der Waals surface area contributed by atoms with Crippen LogP contribution < -0.4 is 5.32 Å². The van der Waals surface area contributed by atoms with E-state index in [-0.39, 0.29) is 16.9 Å². The molecule has 0 unspecified atom stereocenters. The first-order valence-corrected chi connectivity index (χ1v) is 9.94. The molecule has 3 amide bonds. The lowest BCUT2D eigenvalue weighted by Gasteiger charge is -2.27. The van der Waals surface area contributed by atoms with Crippen LogP contribution in [0.2, 0.25) is 0 Å². The number of benzene rings is 1. The van der Waals surface area contributed by atoms with Gasteiger partial charge in [0.1, 0.15) is 6.04 Å². The second-order valence-corrected chi connectivity index (χ2v) is 8.23. The number of hydrogen-bond donors (Lipinski definition) is 1. The molecule has 1 aromatic carbocycles. The maximum absolute atomic E-state index is 12.7. The third-order valence-corrected chi connectivity index (χ3v) is 4.54. The van der Waals surface area contributed by atoms with E-state index in [4.69, 9.17) is 4.74 Å². The molecule has 2 atom stereocenters. The summed E-state index contributed by atoms with van der Waals surface area (Å²) in [7, 11) is 0. The Morgan fingerprint density at radius 3 is 2.11 bits per heavy atom. The van der Waals surface area contributed by atoms with Gasteiger partial charge in [-0.05, 0) is 46.1 Å². The molecule has 1 aliphatic rings. The van der Waals surface area contributed by atoms with E-state index in [1.54, 1.807) is 30.5 Å². The minimum Gasteiger partial charge on any atom is -0.451 e. The van der Waals surface area contributed by atoms with Crippen molar-refractivity contribution in [3.8, 4) is 0 Å². The van der Waals surface area contributed by atoms with Crippen LogP contribution in [0, 0.1) is 0 Å². The molecule has 1 heterocycles. The highest BCUT2D eigenvalue weighted by molar-refractivity contribution is 7.98. The normalized spacial score (nSPS) is 16.0. The van der Waals surface area contributed by atoms with Gasteiger partial charge in [0.15, 0.2) is 6.10 Å². The molecule has 1 aromatic rings. The number of nitrogens with one attached hydrogen (secondary N) is 1. The van der Waals surface area contributed by atoms with Crippen molar-refractivity contribution in [1.82, 2.24) is 10.2 Å². The van der Waals surface area contributed by atoms with Gasteiger partial charge in [-0.2, -0.15) is 11.8 Å². The molecule has 0 saturated heterocycles. The first kappa shape index (κ1) is 21.0. The Bertz CT molecular complexity index is 737. The summed E-state index contributed by atoms with van der Waals surface area (Å²) < 4.78 is 5.27. The Hall–Kier alpha value is -2.35. The molecular formula is C19H24N2O5S. The van der Waals surface area contributed by atoms with Gasteiger partial charge in [0.25, 0.3) is 17.7 Å². The zero-order valence-corrected chi connectivity index (χ0v) is 16.9. The molecule has 7 nitrogen and oxygen atoms in total. The average Bonchev–Trinajstić information content (AvgIpc) is 2.83. The second kappa shape index (κ2) is 8.12. The number of carbonyl (C=O) groups is 4. The molecule has 0 saturated carbocycles. The third kappa shape index (κ3) is 4.68. The van der Waals surface area contributed by atoms with Crippen LogP contribution in [0.25, 0.3) is 0 Å². The molecule has 0 aliphatic carbocycles. The summed E-state index contributed by atoms with van der Waals surface area (Å²) in [6, 6.07) is 5.33. The first-order chi connectivity index (χ1) is 12.6. The SMILES string of the molecule is CSC[C@@H](C(=O)O[C@H](C)C(=O)NC(C)(C)C)N1C(=O)c2ccccc2C1=O. The predicted molar refractivity (Wildman–Crippen MR) is 103 cm³/mol. The molecule has 1 N–H and O–H groups in total. The summed E-state index contributed by atoms with van der Waals surface area (Å²) in [6.45, 7) is 6.90. The van der Waals surface area contributed by atoms with Crippen LogP contribution in [0.1, 0.15) is 48.4 Å². The molecule has 1 aliphatic heterocycles. The van der Waals surface area contributed by atoms with E-state index >= 15 is 0 Å². The van der Waals surface area contributed by atoms with Crippen molar-refractivity contribution < 1.29 is 23.9 Å². The van der Waals surface area contributed by atoms with Crippen molar-refractivity contribution >= 4 is 35.5 Å². The fraction of sp³-hybridized carbons (Fsp3) is 0.474. The van der Waals surface area contributed by atoms with Gasteiger partial charge in [-0.25, -0.2) is 4.79 Å². The number of nitrogens with zero attached hydrogens (tertiary/aromatic N) is 1. The number of esters is 1. The van der Waals surface area contributed by atoms with Crippen LogP contribution in [-0.2, 0) is 14.3 Å². The summed E-state index contributed by atoms with van der Waals surface area (Å²) in [5, 5.41) is 2.73. The minimum absolute atomic E-state index is 0.178. The van der Waals surface area contributed by atoms with Crippen molar-refractivity contribution in [1.29, 1.82) is 0 Å². The maximum atomic E-state index is 12.7. The quantitative estimate of drug-likeness (QED) is 0.587. The van der Waals surface area contributed by atoms with E-state index < -0.39 is 41.4 Å². The molecule has 0 fully saturated rings. The van der Waals surface area contributed by atoms with E-state index in [0.717, 1.165) is 4.90 Å². The Labute approximate surface area is 162 Å². The van der Waals surface area contributed by atoms with Crippen LogP contribution in [0.4, 0.5) is 0 Å². The van der Waals surface area contributed by atoms with Crippen LogP contribution in [-0.4, -0.2) is 58.3 Å². The van der Waals surface area contributed by atoms with Gasteiger partial charge in [-0.1, -0.05) is 12.1 Å². The number of fused-ring (bicyclic) bond motifs is 1. The molecule has 27 heavy (non-hydrogen) atoms. The number of hydrogen-bond acceptors (Lipinski definition) is 6. The van der Waals surface area contributed by atoms with Crippen molar-refractivity contribution in [2.75, 3.05) is 12.0 Å². The lowest BCUT2D eigenvalue weighted by Crippen LogP contribution is -2.50. The van der Waals surface area contributed by atoms with Crippen molar-refractivity contribution in [2.45, 2.75) is 45.4 Å². The number of carbonyl (C=O) groups excluding carboxylic acids is 4. The van der Waals surface area contributed by atoms with E-state index in [1.807, 2.05) is 20.8 Å². The first-order valence-electron chi connectivity index (χ1n) is 8.55. The van der Waals surface area contributed by atoms with Gasteiger partial charge in [-0.15, -0.1) is 0 Å². The number of imide groups is 1. The van der Waals surface area contributed by atoms with Crippen molar-refractivity contribution in [2.24, 2.45) is 0 Å². The zero-order valence-electron chi connectivity index (χ0n) is 16.1. The van der Waals surface area contributed by atoms with Gasteiger partial charge >= 0.3 is 5.97 Å². The molecule has 0 spiro atoms. The summed E-state index contributed by atoms with van der Waals surface area (Å²) in [5.41, 5.74) is 0.0544. The summed E-state index contributed by atoms with van der Waals surface area (Å²) in [6.07, 6.45) is 0.713. The highest BCUT2D eigenvalue weighted by atomic mass is 32.2. The predicted octanol–water partition coefficient (Wildman–Crippen LogP) is 1.86. The van der Waals surface area contributed by atoms with Crippen LogP contribution in [0.3, 0.4) is 0 Å². The smallest absolute Gasteiger partial charge is 0.331 e. The van der Waals surface area contributed by atoms with Crippen LogP contribution >= 0.6 is 11.8 Å². The number of thioether (sulfide) groups is 1. The average molecular weight is 392 g/mol. The fourth-order valence-corrected chi connectivity index (χ4v) is 3.28. The summed E-state index contributed by atoms with van der Waals surface area (Å²) in [4.78, 5) is 51.1. The monoisotopic (exact) mass is 392 g/mol. The third-order valence-electron chi connectivity index (χ3n) is 3.89. The van der Waals surface area contributed by atoms with Crippen LogP contribution in [0.5, 0.6) is 0 Å². The topological polar surface area (TPSA) is 92.8 Å². The molecule has 2 rings (SSSR count). The fourth-order valence-electron chi connectivity index (χ4n) is 2.67. The lowest BCUT2D eigenvalue weighted by atomic mass is 10.1. The van der Waals surface area contributed by atoms with E-state index in [1.165, 1.54) is 18.7 Å². The van der Waals surface area contributed by atoms with Gasteiger partial charge in [0.05, 0.1) is 11.1 Å². The molecular weight excluding hydrogens is 368 g/mol. The molecule has 146 valence electrons. The Kier molecular flexibility index (Phi) is 6.30. The largest absolute Gasteiger partial charge is 0.451 e. The standard InChI is InChI=1S/C19H24N2O5S/c1-11(15(22)20-19(2,3)4)26-18(25)14(10-27-5)21-16(23)12-8-6-7-9-13(12)17(21)24/h6-9,11,14H,10H2,1-5H3,(H,20,22)/t11-,14+/m1/s1. The highest BCUT2D eigenvalue weighted by Crippen LogP contribution is 2.26. The zero-order chi connectivity index (χ0) is 20.4. The second-order valence-electron chi connectivity index (χ2n) is 7.32. The molecule has 0 aromatic heterocycles. The molecule has 0 bridgehead atoms. The van der Waals surface area contributed by atoms with Gasteiger partial charge in [0.2, 0.25) is 0 Å². The van der Waals surface area contributed by atoms with Crippen molar-refractivity contribution in [3.05, 3.63) is 35.4 Å². The maximum Gasteiger partial charge on any atom is 0.331 e. The highest BCUT2D eigenvalue weighted by Gasteiger charge is 2.43. The van der Waals surface area contributed by atoms with Crippen molar-refractivity contribution in [3.63, 3.8) is 0 Å². The number of rotatable bonds is 6. The minimum atomic E-state index is -1.10. The Morgan fingerprint density at radius 2 is 1.67 bits per heavy atom. The lowest BCUT2D eigenvalue weighted by molar-refractivity contribution is -0.158. The van der Waals surface area contributed by atoms with E-state index in [0.29, 0.717) is 0 Å².